The lowest BCUT2D eigenvalue weighted by Gasteiger charge is -2.41. The molecule has 9 heteroatoms. The van der Waals surface area contributed by atoms with Gasteiger partial charge in [0.15, 0.2) is 12.5 Å². The summed E-state index contributed by atoms with van der Waals surface area (Å²) in [4.78, 5) is 27.3. The number of benzene rings is 4. The number of hydrogen-bond donors (Lipinski definition) is 1. The fourth-order valence-corrected chi connectivity index (χ4v) is 7.36. The normalized spacial score (nSPS) is 20.6. The molecule has 0 saturated carbocycles. The number of carbonyl (C=O) groups is 2. The Labute approximate surface area is 283 Å². The van der Waals surface area contributed by atoms with Gasteiger partial charge in [0.25, 0.3) is 16.8 Å². The summed E-state index contributed by atoms with van der Waals surface area (Å²) in [5.41, 5.74) is 6.23. The van der Waals surface area contributed by atoms with Gasteiger partial charge < -0.3 is 19.8 Å². The third kappa shape index (κ3) is 6.37. The van der Waals surface area contributed by atoms with Crippen molar-refractivity contribution < 1.29 is 28.9 Å². The molecule has 0 spiro atoms. The summed E-state index contributed by atoms with van der Waals surface area (Å²) in [6.45, 7) is 2.23. The molecular formula is C39H34N2O6S. The molecule has 1 fully saturated rings. The zero-order valence-corrected chi connectivity index (χ0v) is 27.1. The van der Waals surface area contributed by atoms with E-state index in [2.05, 4.69) is 6.92 Å². The van der Waals surface area contributed by atoms with Gasteiger partial charge in [-0.1, -0.05) is 91.5 Å². The van der Waals surface area contributed by atoms with Crippen molar-refractivity contribution in [1.82, 2.24) is 4.90 Å². The second-order valence-corrected chi connectivity index (χ2v) is 13.1. The molecular weight excluding hydrogens is 625 g/mol. The molecule has 0 aliphatic carbocycles. The molecule has 0 bridgehead atoms. The van der Waals surface area contributed by atoms with Crippen molar-refractivity contribution in [2.24, 2.45) is 5.92 Å². The Morgan fingerprint density at radius 3 is 2.17 bits per heavy atom. The number of rotatable bonds is 9. The number of aliphatic hydroxyl groups is 1. The van der Waals surface area contributed by atoms with Crippen LogP contribution in [0, 0.1) is 11.1 Å². The molecule has 2 amide bonds. The van der Waals surface area contributed by atoms with Gasteiger partial charge in [-0.2, -0.15) is 4.73 Å². The van der Waals surface area contributed by atoms with Crippen LogP contribution in [-0.2, 0) is 22.6 Å². The molecule has 48 heavy (non-hydrogen) atoms. The van der Waals surface area contributed by atoms with Crippen LogP contribution in [0.2, 0.25) is 0 Å². The smallest absolute Gasteiger partial charge is 0.261 e. The van der Waals surface area contributed by atoms with E-state index >= 15 is 0 Å². The van der Waals surface area contributed by atoms with Crippen molar-refractivity contribution in [2.45, 2.75) is 43.6 Å². The van der Waals surface area contributed by atoms with E-state index in [4.69, 9.17) is 9.47 Å². The maximum atomic E-state index is 13.0. The van der Waals surface area contributed by atoms with E-state index in [1.165, 1.54) is 22.9 Å². The molecule has 2 aliphatic rings. The van der Waals surface area contributed by atoms with Crippen LogP contribution in [0.4, 0.5) is 0 Å². The Morgan fingerprint density at radius 1 is 0.771 bits per heavy atom. The summed E-state index contributed by atoms with van der Waals surface area (Å²) in [6.07, 6.45) is 0.295. The number of imide groups is 1. The molecule has 242 valence electrons. The summed E-state index contributed by atoms with van der Waals surface area (Å²) in [6, 6.07) is 35.9. The lowest BCUT2D eigenvalue weighted by atomic mass is 9.91. The number of ether oxygens (including phenoxy) is 2. The second-order valence-electron chi connectivity index (χ2n) is 12.1. The second kappa shape index (κ2) is 13.7. The van der Waals surface area contributed by atoms with Crippen LogP contribution in [0.5, 0.6) is 0 Å². The monoisotopic (exact) mass is 658 g/mol. The fourth-order valence-electron chi connectivity index (χ4n) is 6.28. The van der Waals surface area contributed by atoms with Crippen LogP contribution in [0.3, 0.4) is 0 Å². The summed E-state index contributed by atoms with van der Waals surface area (Å²) < 4.78 is 14.2. The zero-order chi connectivity index (χ0) is 33.2. The first-order chi connectivity index (χ1) is 23.4. The van der Waals surface area contributed by atoms with Gasteiger partial charge in [-0.25, -0.2) is 0 Å². The molecule has 4 atom stereocenters. The molecule has 0 radical (unpaired) electrons. The number of aliphatic hydroxyl groups excluding tert-OH is 1. The van der Waals surface area contributed by atoms with Crippen LogP contribution in [0.15, 0.2) is 126 Å². The van der Waals surface area contributed by atoms with Gasteiger partial charge in [0, 0.05) is 29.4 Å². The average Bonchev–Trinajstić information content (AvgIpc) is 3.36. The van der Waals surface area contributed by atoms with Crippen molar-refractivity contribution in [3.05, 3.63) is 160 Å². The Balaban J connectivity index is 1.14. The lowest BCUT2D eigenvalue weighted by Crippen LogP contribution is -2.39. The molecule has 7 rings (SSSR count). The predicted octanol–water partition coefficient (Wildman–Crippen LogP) is 6.86. The Hall–Kier alpha value is -4.80. The van der Waals surface area contributed by atoms with Gasteiger partial charge in [0.05, 0.1) is 36.5 Å². The van der Waals surface area contributed by atoms with Gasteiger partial charge in [0.2, 0.25) is 0 Å². The van der Waals surface area contributed by atoms with Crippen molar-refractivity contribution in [3.8, 4) is 11.1 Å². The Morgan fingerprint density at radius 2 is 1.46 bits per heavy atom. The van der Waals surface area contributed by atoms with Crippen molar-refractivity contribution in [3.63, 3.8) is 0 Å². The number of hydrogen-bond acceptors (Lipinski definition) is 7. The number of fused-ring (bicyclic) bond motifs is 1. The van der Waals surface area contributed by atoms with E-state index in [-0.39, 0.29) is 43.1 Å². The van der Waals surface area contributed by atoms with Crippen LogP contribution in [0.1, 0.15) is 62.3 Å². The number of aromatic nitrogens is 1. The van der Waals surface area contributed by atoms with Gasteiger partial charge in [-0.3, -0.25) is 14.5 Å². The SMILES string of the molecule is CC1C(CSc2cccc[n+]2[O-])OC(c2cccc(-c3cccc(CN4C(=O)c5ccccc5C4=O)c3)c2)OC1c1ccc(CO)cc1. The minimum Gasteiger partial charge on any atom is -0.618 e. The summed E-state index contributed by atoms with van der Waals surface area (Å²) in [7, 11) is 0. The quantitative estimate of drug-likeness (QED) is 0.0799. The van der Waals surface area contributed by atoms with Crippen molar-refractivity contribution in [1.29, 1.82) is 0 Å². The van der Waals surface area contributed by atoms with E-state index < -0.39 is 6.29 Å². The molecule has 5 aromatic rings. The highest BCUT2D eigenvalue weighted by molar-refractivity contribution is 7.99. The lowest BCUT2D eigenvalue weighted by molar-refractivity contribution is -0.645. The maximum Gasteiger partial charge on any atom is 0.261 e. The number of thioether (sulfide) groups is 1. The molecule has 1 aromatic heterocycles. The fraction of sp³-hybridized carbons (Fsp3) is 0.205. The topological polar surface area (TPSA) is 103 Å². The molecule has 1 N–H and O–H groups in total. The van der Waals surface area contributed by atoms with E-state index in [0.717, 1.165) is 38.1 Å². The van der Waals surface area contributed by atoms with E-state index in [9.17, 15) is 19.9 Å². The first-order valence-corrected chi connectivity index (χ1v) is 16.8. The van der Waals surface area contributed by atoms with Gasteiger partial charge >= 0.3 is 0 Å². The molecule has 4 aromatic carbocycles. The van der Waals surface area contributed by atoms with E-state index in [0.29, 0.717) is 21.9 Å². The highest BCUT2D eigenvalue weighted by Crippen LogP contribution is 2.43. The van der Waals surface area contributed by atoms with E-state index in [1.807, 2.05) is 78.9 Å². The largest absolute Gasteiger partial charge is 0.618 e. The van der Waals surface area contributed by atoms with Crippen LogP contribution >= 0.6 is 11.8 Å². The van der Waals surface area contributed by atoms with Crippen LogP contribution < -0.4 is 4.73 Å². The van der Waals surface area contributed by atoms with Gasteiger partial charge in [0.1, 0.15) is 0 Å². The van der Waals surface area contributed by atoms with Crippen molar-refractivity contribution in [2.75, 3.05) is 5.75 Å². The standard InChI is InChI=1S/C39H34N2O6S/c1-25-34(24-48-35-14-4-5-19-41(35)45)46-39(47-36(25)28-17-15-26(23-42)16-18-28)31-11-7-10-30(21-31)29-9-6-8-27(20-29)22-40-37(43)32-12-2-3-13-33(32)38(40)44/h2-21,25,34,36,39,42H,22-24H2,1H3. The Bertz CT molecular complexity index is 1930. The summed E-state index contributed by atoms with van der Waals surface area (Å²) >= 11 is 1.45. The third-order valence-corrected chi connectivity index (χ3v) is 10.1. The van der Waals surface area contributed by atoms with Gasteiger partial charge in [-0.15, -0.1) is 0 Å². The molecule has 4 unspecified atom stereocenters. The first-order valence-electron chi connectivity index (χ1n) is 15.9. The minimum atomic E-state index is -0.675. The van der Waals surface area contributed by atoms with Crippen LogP contribution in [-0.4, -0.2) is 33.7 Å². The molecule has 1 saturated heterocycles. The highest BCUT2D eigenvalue weighted by Gasteiger charge is 2.39. The average molecular weight is 659 g/mol. The summed E-state index contributed by atoms with van der Waals surface area (Å²) in [5, 5.41) is 22.5. The van der Waals surface area contributed by atoms with Crippen molar-refractivity contribution >= 4 is 23.6 Å². The maximum absolute atomic E-state index is 13.0. The molecule has 2 aliphatic heterocycles. The zero-order valence-electron chi connectivity index (χ0n) is 26.3. The summed E-state index contributed by atoms with van der Waals surface area (Å²) in [5.74, 6) is -0.0404. The minimum absolute atomic E-state index is 0.0282. The van der Waals surface area contributed by atoms with Crippen LogP contribution in [0.25, 0.3) is 11.1 Å². The van der Waals surface area contributed by atoms with Gasteiger partial charge in [-0.05, 0) is 58.1 Å². The third-order valence-electron chi connectivity index (χ3n) is 8.95. The molecule has 8 nitrogen and oxygen atoms in total. The van der Waals surface area contributed by atoms with E-state index in [1.54, 1.807) is 36.4 Å². The highest BCUT2D eigenvalue weighted by atomic mass is 32.2. The Kier molecular flexibility index (Phi) is 9.10. The number of carbonyl (C=O) groups excluding carboxylic acids is 2. The number of nitrogens with zero attached hydrogens (tertiary/aromatic N) is 2. The number of amides is 2. The number of pyridine rings is 1. The first kappa shape index (κ1) is 31.8. The molecule has 3 heterocycles. The predicted molar refractivity (Wildman–Crippen MR) is 182 cm³/mol.